The van der Waals surface area contributed by atoms with Gasteiger partial charge in [-0.2, -0.15) is 0 Å². The number of hydrogen-bond donors (Lipinski definition) is 0. The van der Waals surface area contributed by atoms with Crippen molar-refractivity contribution in [3.05, 3.63) is 60.2 Å². The van der Waals surface area contributed by atoms with E-state index in [1.165, 1.54) is 107 Å². The first kappa shape index (κ1) is 24.5. The van der Waals surface area contributed by atoms with E-state index in [0.717, 1.165) is 6.54 Å². The number of para-hydroxylation sites is 2. The highest BCUT2D eigenvalue weighted by Gasteiger charge is 2.12. The largest absolute Gasteiger partial charge is 0.341 e. The van der Waals surface area contributed by atoms with Gasteiger partial charge in [0, 0.05) is 17.9 Å². The van der Waals surface area contributed by atoms with Crippen molar-refractivity contribution >= 4 is 11.4 Å². The summed E-state index contributed by atoms with van der Waals surface area (Å²) < 4.78 is 0. The molecule has 0 aromatic heterocycles. The predicted molar refractivity (Wildman–Crippen MR) is 135 cm³/mol. The fraction of sp³-hybridized carbons (Fsp3) is 0.586. The second kappa shape index (κ2) is 16.0. The molecule has 30 heavy (non-hydrogen) atoms. The van der Waals surface area contributed by atoms with E-state index in [0.29, 0.717) is 0 Å². The van der Waals surface area contributed by atoms with Crippen molar-refractivity contribution in [1.82, 2.24) is 0 Å². The Labute approximate surface area is 186 Å². The SMILES string of the molecule is CCCCCCCCCc1ccccc1N(CCCCCCCC)c1ccccc1. The molecule has 0 amide bonds. The Balaban J connectivity index is 1.96. The van der Waals surface area contributed by atoms with Gasteiger partial charge in [0.1, 0.15) is 0 Å². The number of aryl methyl sites for hydroxylation is 1. The van der Waals surface area contributed by atoms with Crippen molar-refractivity contribution in [3.8, 4) is 0 Å². The van der Waals surface area contributed by atoms with Crippen molar-refractivity contribution in [2.75, 3.05) is 11.4 Å². The minimum absolute atomic E-state index is 1.12. The summed E-state index contributed by atoms with van der Waals surface area (Å²) in [5.41, 5.74) is 4.27. The number of nitrogens with zero attached hydrogens (tertiary/aromatic N) is 1. The van der Waals surface area contributed by atoms with E-state index in [1.54, 1.807) is 0 Å². The fourth-order valence-electron chi connectivity index (χ4n) is 4.30. The molecule has 0 radical (unpaired) electrons. The molecule has 0 bridgehead atoms. The van der Waals surface area contributed by atoms with E-state index in [2.05, 4.69) is 73.3 Å². The van der Waals surface area contributed by atoms with Gasteiger partial charge in [-0.25, -0.2) is 0 Å². The van der Waals surface area contributed by atoms with E-state index in [-0.39, 0.29) is 0 Å². The molecule has 0 unspecified atom stereocenters. The monoisotopic (exact) mass is 407 g/mol. The second-order valence-corrected chi connectivity index (χ2v) is 8.75. The van der Waals surface area contributed by atoms with Gasteiger partial charge in [0.25, 0.3) is 0 Å². The van der Waals surface area contributed by atoms with Crippen molar-refractivity contribution in [3.63, 3.8) is 0 Å². The van der Waals surface area contributed by atoms with Crippen molar-refractivity contribution in [1.29, 1.82) is 0 Å². The van der Waals surface area contributed by atoms with Crippen LogP contribution in [-0.4, -0.2) is 6.54 Å². The first-order valence-electron chi connectivity index (χ1n) is 12.8. The molecule has 2 aromatic carbocycles. The quantitative estimate of drug-likeness (QED) is 0.236. The van der Waals surface area contributed by atoms with Gasteiger partial charge in [-0.1, -0.05) is 121 Å². The Hall–Kier alpha value is -1.76. The van der Waals surface area contributed by atoms with Crippen molar-refractivity contribution in [2.24, 2.45) is 0 Å². The Kier molecular flexibility index (Phi) is 13.1. The summed E-state index contributed by atoms with van der Waals surface area (Å²) >= 11 is 0. The average molecular weight is 408 g/mol. The summed E-state index contributed by atoms with van der Waals surface area (Å²) in [5, 5.41) is 0. The molecule has 0 aliphatic rings. The molecule has 1 nitrogen and oxygen atoms in total. The molecule has 0 aliphatic carbocycles. The van der Waals surface area contributed by atoms with Gasteiger partial charge in [-0.15, -0.1) is 0 Å². The van der Waals surface area contributed by atoms with Crippen LogP contribution in [0, 0.1) is 0 Å². The van der Waals surface area contributed by atoms with E-state index in [9.17, 15) is 0 Å². The van der Waals surface area contributed by atoms with E-state index in [4.69, 9.17) is 0 Å². The highest BCUT2D eigenvalue weighted by molar-refractivity contribution is 5.66. The van der Waals surface area contributed by atoms with Crippen molar-refractivity contribution in [2.45, 2.75) is 104 Å². The molecule has 0 aliphatic heterocycles. The van der Waals surface area contributed by atoms with Crippen LogP contribution in [0.4, 0.5) is 11.4 Å². The Morgan fingerprint density at radius 2 is 1.07 bits per heavy atom. The minimum Gasteiger partial charge on any atom is -0.341 e. The summed E-state index contributed by atoms with van der Waals surface area (Å²) in [6.07, 6.45) is 18.9. The van der Waals surface area contributed by atoms with Crippen LogP contribution in [0.3, 0.4) is 0 Å². The lowest BCUT2D eigenvalue weighted by Crippen LogP contribution is -2.20. The van der Waals surface area contributed by atoms with Crippen LogP contribution >= 0.6 is 0 Å². The van der Waals surface area contributed by atoms with Gasteiger partial charge in [0.2, 0.25) is 0 Å². The van der Waals surface area contributed by atoms with Crippen LogP contribution in [0.15, 0.2) is 54.6 Å². The maximum atomic E-state index is 2.57. The Morgan fingerprint density at radius 3 is 1.73 bits per heavy atom. The number of unbranched alkanes of at least 4 members (excludes halogenated alkanes) is 11. The van der Waals surface area contributed by atoms with Gasteiger partial charge in [-0.05, 0) is 43.0 Å². The molecular formula is C29H45N. The van der Waals surface area contributed by atoms with E-state index < -0.39 is 0 Å². The highest BCUT2D eigenvalue weighted by atomic mass is 15.1. The molecule has 166 valence electrons. The summed E-state index contributed by atoms with van der Waals surface area (Å²) in [6.45, 7) is 5.70. The van der Waals surface area contributed by atoms with Crippen LogP contribution in [0.25, 0.3) is 0 Å². The molecule has 2 rings (SSSR count). The molecule has 0 atom stereocenters. The highest BCUT2D eigenvalue weighted by Crippen LogP contribution is 2.30. The standard InChI is InChI=1S/C29H45N/c1-3-5-7-9-11-12-15-21-27-22-18-19-25-29(27)30(28-23-16-14-17-24-28)26-20-13-10-8-6-4-2/h14,16-19,22-25H,3-13,15,20-21,26H2,1-2H3. The van der Waals surface area contributed by atoms with Crippen LogP contribution in [0.1, 0.15) is 103 Å². The minimum atomic E-state index is 1.12. The van der Waals surface area contributed by atoms with Gasteiger partial charge in [0.15, 0.2) is 0 Å². The zero-order chi connectivity index (χ0) is 21.3. The maximum absolute atomic E-state index is 2.57. The molecule has 0 fully saturated rings. The van der Waals surface area contributed by atoms with E-state index in [1.807, 2.05) is 0 Å². The summed E-state index contributed by atoms with van der Waals surface area (Å²) in [5.74, 6) is 0. The zero-order valence-electron chi connectivity index (χ0n) is 19.7. The third-order valence-electron chi connectivity index (χ3n) is 6.14. The average Bonchev–Trinajstić information content (AvgIpc) is 2.79. The second-order valence-electron chi connectivity index (χ2n) is 8.75. The molecule has 0 spiro atoms. The summed E-state index contributed by atoms with van der Waals surface area (Å²) in [7, 11) is 0. The van der Waals surface area contributed by atoms with E-state index >= 15 is 0 Å². The van der Waals surface area contributed by atoms with Gasteiger partial charge in [-0.3, -0.25) is 0 Å². The third kappa shape index (κ3) is 9.37. The lowest BCUT2D eigenvalue weighted by atomic mass is 10.0. The first-order chi connectivity index (χ1) is 14.9. The van der Waals surface area contributed by atoms with Crippen molar-refractivity contribution < 1.29 is 0 Å². The summed E-state index contributed by atoms with van der Waals surface area (Å²) in [6, 6.07) is 20.1. The molecule has 1 heteroatoms. The Bertz CT molecular complexity index is 648. The Morgan fingerprint density at radius 1 is 0.533 bits per heavy atom. The zero-order valence-corrected chi connectivity index (χ0v) is 19.7. The maximum Gasteiger partial charge on any atom is 0.0443 e. The molecule has 0 N–H and O–H groups in total. The van der Waals surface area contributed by atoms with Gasteiger partial charge in [0.05, 0.1) is 0 Å². The number of anilines is 2. The molecular weight excluding hydrogens is 362 g/mol. The van der Waals surface area contributed by atoms with Gasteiger partial charge >= 0.3 is 0 Å². The first-order valence-corrected chi connectivity index (χ1v) is 12.8. The van der Waals surface area contributed by atoms with Crippen LogP contribution in [0.5, 0.6) is 0 Å². The smallest absolute Gasteiger partial charge is 0.0443 e. The number of hydrogen-bond acceptors (Lipinski definition) is 1. The normalized spacial score (nSPS) is 11.0. The van der Waals surface area contributed by atoms with Crippen LogP contribution < -0.4 is 4.90 Å². The van der Waals surface area contributed by atoms with Crippen LogP contribution in [-0.2, 0) is 6.42 Å². The third-order valence-corrected chi connectivity index (χ3v) is 6.14. The lowest BCUT2D eigenvalue weighted by molar-refractivity contribution is 0.589. The summed E-state index contributed by atoms with van der Waals surface area (Å²) in [4.78, 5) is 2.57. The molecule has 2 aromatic rings. The lowest BCUT2D eigenvalue weighted by Gasteiger charge is -2.27. The predicted octanol–water partition coefficient (Wildman–Crippen LogP) is 9.48. The van der Waals surface area contributed by atoms with Crippen LogP contribution in [0.2, 0.25) is 0 Å². The molecule has 0 saturated carbocycles. The molecule has 0 saturated heterocycles. The molecule has 0 heterocycles. The number of benzene rings is 2. The topological polar surface area (TPSA) is 3.24 Å². The number of rotatable bonds is 17. The van der Waals surface area contributed by atoms with Gasteiger partial charge < -0.3 is 4.90 Å². The fourth-order valence-corrected chi connectivity index (χ4v) is 4.30.